The van der Waals surface area contributed by atoms with Crippen molar-refractivity contribution in [3.8, 4) is 5.75 Å². The van der Waals surface area contributed by atoms with Crippen molar-refractivity contribution in [2.75, 3.05) is 32.6 Å². The van der Waals surface area contributed by atoms with E-state index in [1.165, 1.54) is 5.56 Å². The minimum atomic E-state index is 0.645. The molecule has 1 heterocycles. The van der Waals surface area contributed by atoms with E-state index >= 15 is 0 Å². The zero-order valence-electron chi connectivity index (χ0n) is 17.0. The van der Waals surface area contributed by atoms with Crippen molar-refractivity contribution in [1.29, 1.82) is 0 Å². The van der Waals surface area contributed by atoms with Crippen molar-refractivity contribution in [3.63, 3.8) is 0 Å². The number of anilines is 1. The van der Waals surface area contributed by atoms with E-state index in [0.29, 0.717) is 13.1 Å². The van der Waals surface area contributed by atoms with Gasteiger partial charge < -0.3 is 20.3 Å². The molecule has 0 atom stereocenters. The number of hydrogen-bond donors (Lipinski definition) is 2. The highest BCUT2D eigenvalue weighted by molar-refractivity contribution is 5.79. The van der Waals surface area contributed by atoms with Crippen molar-refractivity contribution in [1.82, 2.24) is 15.6 Å². The topological polar surface area (TPSA) is 61.8 Å². The molecule has 1 aromatic carbocycles. The van der Waals surface area contributed by atoms with Gasteiger partial charge in [-0.3, -0.25) is 4.99 Å². The molecule has 1 aromatic heterocycles. The van der Waals surface area contributed by atoms with E-state index in [-0.39, 0.29) is 0 Å². The predicted molar refractivity (Wildman–Crippen MR) is 113 cm³/mol. The summed E-state index contributed by atoms with van der Waals surface area (Å²) in [5, 5.41) is 6.72. The van der Waals surface area contributed by atoms with Gasteiger partial charge in [-0.2, -0.15) is 0 Å². The van der Waals surface area contributed by atoms with E-state index in [0.717, 1.165) is 41.7 Å². The molecule has 2 rings (SSSR count). The van der Waals surface area contributed by atoms with Crippen LogP contribution in [0.25, 0.3) is 0 Å². The lowest BCUT2D eigenvalue weighted by Gasteiger charge is -2.18. The first-order chi connectivity index (χ1) is 13.0. The first kappa shape index (κ1) is 20.6. The Labute approximate surface area is 162 Å². The summed E-state index contributed by atoms with van der Waals surface area (Å²) < 4.78 is 5.89. The zero-order valence-corrected chi connectivity index (χ0v) is 17.0. The van der Waals surface area contributed by atoms with Gasteiger partial charge in [0.1, 0.15) is 11.6 Å². The van der Waals surface area contributed by atoms with Crippen LogP contribution in [0.2, 0.25) is 0 Å². The van der Waals surface area contributed by atoms with E-state index in [2.05, 4.69) is 58.7 Å². The molecule has 0 bridgehead atoms. The minimum absolute atomic E-state index is 0.645. The molecule has 0 spiro atoms. The summed E-state index contributed by atoms with van der Waals surface area (Å²) in [5.41, 5.74) is 3.43. The molecule has 0 amide bonds. The SMILES string of the molecule is CCCOc1cc(C)ccc1CNC(=NC)NCc1cccnc1N(C)C. The van der Waals surface area contributed by atoms with Crippen LogP contribution in [0.5, 0.6) is 5.75 Å². The number of nitrogens with zero attached hydrogens (tertiary/aromatic N) is 3. The summed E-state index contributed by atoms with van der Waals surface area (Å²) in [6, 6.07) is 10.3. The maximum atomic E-state index is 5.89. The van der Waals surface area contributed by atoms with Gasteiger partial charge in [0.25, 0.3) is 0 Å². The number of rotatable bonds is 8. The molecule has 2 N–H and O–H groups in total. The lowest BCUT2D eigenvalue weighted by atomic mass is 10.1. The van der Waals surface area contributed by atoms with E-state index < -0.39 is 0 Å². The number of nitrogens with one attached hydrogen (secondary N) is 2. The van der Waals surface area contributed by atoms with Gasteiger partial charge in [-0.25, -0.2) is 4.98 Å². The smallest absolute Gasteiger partial charge is 0.191 e. The van der Waals surface area contributed by atoms with Crippen LogP contribution in [0, 0.1) is 6.92 Å². The van der Waals surface area contributed by atoms with Gasteiger partial charge in [0, 0.05) is 51.6 Å². The first-order valence-corrected chi connectivity index (χ1v) is 9.33. The lowest BCUT2D eigenvalue weighted by molar-refractivity contribution is 0.313. The third-order valence-corrected chi connectivity index (χ3v) is 4.09. The average molecular weight is 370 g/mol. The largest absolute Gasteiger partial charge is 0.493 e. The second kappa shape index (κ2) is 10.4. The summed E-state index contributed by atoms with van der Waals surface area (Å²) in [4.78, 5) is 10.8. The fourth-order valence-electron chi connectivity index (χ4n) is 2.70. The van der Waals surface area contributed by atoms with Crippen molar-refractivity contribution < 1.29 is 4.74 Å². The molecule has 0 aliphatic carbocycles. The first-order valence-electron chi connectivity index (χ1n) is 9.33. The Bertz CT molecular complexity index is 758. The second-order valence-electron chi connectivity index (χ2n) is 6.62. The number of aromatic nitrogens is 1. The molecule has 2 aromatic rings. The monoisotopic (exact) mass is 369 g/mol. The van der Waals surface area contributed by atoms with Crippen LogP contribution in [0.1, 0.15) is 30.0 Å². The highest BCUT2D eigenvalue weighted by Gasteiger charge is 2.08. The predicted octanol–water partition coefficient (Wildman–Crippen LogP) is 3.11. The number of ether oxygens (including phenoxy) is 1. The van der Waals surface area contributed by atoms with Gasteiger partial charge in [-0.1, -0.05) is 25.1 Å². The molecule has 0 aliphatic heterocycles. The van der Waals surface area contributed by atoms with Gasteiger partial charge in [-0.15, -0.1) is 0 Å². The molecule has 27 heavy (non-hydrogen) atoms. The Balaban J connectivity index is 1.99. The van der Waals surface area contributed by atoms with Gasteiger partial charge >= 0.3 is 0 Å². The quantitative estimate of drug-likeness (QED) is 0.553. The molecule has 6 heteroatoms. The number of aliphatic imine (C=N–C) groups is 1. The second-order valence-corrected chi connectivity index (χ2v) is 6.62. The Morgan fingerprint density at radius 1 is 1.15 bits per heavy atom. The number of benzene rings is 1. The fraction of sp³-hybridized carbons (Fsp3) is 0.429. The van der Waals surface area contributed by atoms with Crippen LogP contribution in [-0.2, 0) is 13.1 Å². The Kier molecular flexibility index (Phi) is 7.92. The van der Waals surface area contributed by atoms with E-state index in [1.807, 2.05) is 25.1 Å². The van der Waals surface area contributed by atoms with Crippen LogP contribution >= 0.6 is 0 Å². The summed E-state index contributed by atoms with van der Waals surface area (Å²) in [7, 11) is 5.76. The van der Waals surface area contributed by atoms with Gasteiger partial charge in [-0.05, 0) is 31.0 Å². The van der Waals surface area contributed by atoms with Crippen LogP contribution in [0.15, 0.2) is 41.5 Å². The average Bonchev–Trinajstić information content (AvgIpc) is 2.67. The van der Waals surface area contributed by atoms with Crippen molar-refractivity contribution >= 4 is 11.8 Å². The third kappa shape index (κ3) is 6.16. The molecular weight excluding hydrogens is 338 g/mol. The molecule has 0 radical (unpaired) electrons. The summed E-state index contributed by atoms with van der Waals surface area (Å²) in [5.74, 6) is 2.63. The van der Waals surface area contributed by atoms with Crippen LogP contribution < -0.4 is 20.3 Å². The summed E-state index contributed by atoms with van der Waals surface area (Å²) in [6.45, 7) is 6.20. The highest BCUT2D eigenvalue weighted by atomic mass is 16.5. The standard InChI is InChI=1S/C21H31N5O/c1-6-12-27-19-13-16(2)9-10-17(19)14-24-21(22-3)25-15-18-8-7-11-23-20(18)26(4)5/h7-11,13H,6,12,14-15H2,1-5H3,(H2,22,24,25). The van der Waals surface area contributed by atoms with Crippen LogP contribution in [0.4, 0.5) is 5.82 Å². The number of guanidine groups is 1. The van der Waals surface area contributed by atoms with E-state index in [9.17, 15) is 0 Å². The van der Waals surface area contributed by atoms with Gasteiger partial charge in [0.15, 0.2) is 5.96 Å². The lowest BCUT2D eigenvalue weighted by Crippen LogP contribution is -2.36. The Morgan fingerprint density at radius 2 is 1.89 bits per heavy atom. The third-order valence-electron chi connectivity index (χ3n) is 4.09. The molecule has 0 aliphatic rings. The van der Waals surface area contributed by atoms with Crippen molar-refractivity contribution in [2.45, 2.75) is 33.4 Å². The number of aryl methyl sites for hydroxylation is 1. The van der Waals surface area contributed by atoms with Crippen LogP contribution in [0.3, 0.4) is 0 Å². The number of pyridine rings is 1. The molecule has 6 nitrogen and oxygen atoms in total. The van der Waals surface area contributed by atoms with E-state index in [4.69, 9.17) is 4.74 Å². The van der Waals surface area contributed by atoms with Gasteiger partial charge in [0.05, 0.1) is 6.61 Å². The highest BCUT2D eigenvalue weighted by Crippen LogP contribution is 2.20. The molecule has 0 fully saturated rings. The summed E-state index contributed by atoms with van der Waals surface area (Å²) >= 11 is 0. The normalized spacial score (nSPS) is 11.2. The van der Waals surface area contributed by atoms with Crippen LogP contribution in [-0.4, -0.2) is 38.7 Å². The molecule has 0 saturated heterocycles. The van der Waals surface area contributed by atoms with Gasteiger partial charge in [0.2, 0.25) is 0 Å². The fourth-order valence-corrected chi connectivity index (χ4v) is 2.70. The Hall–Kier alpha value is -2.76. The molecular formula is C21H31N5O. The molecule has 0 unspecified atom stereocenters. The maximum absolute atomic E-state index is 5.89. The summed E-state index contributed by atoms with van der Waals surface area (Å²) in [6.07, 6.45) is 2.80. The molecule has 0 saturated carbocycles. The van der Waals surface area contributed by atoms with Crippen molar-refractivity contribution in [3.05, 3.63) is 53.2 Å². The molecule has 146 valence electrons. The van der Waals surface area contributed by atoms with E-state index in [1.54, 1.807) is 13.2 Å². The maximum Gasteiger partial charge on any atom is 0.191 e. The zero-order chi connectivity index (χ0) is 19.6. The number of hydrogen-bond acceptors (Lipinski definition) is 4. The Morgan fingerprint density at radius 3 is 2.56 bits per heavy atom. The minimum Gasteiger partial charge on any atom is -0.493 e. The van der Waals surface area contributed by atoms with Crippen molar-refractivity contribution in [2.24, 2.45) is 4.99 Å².